The summed E-state index contributed by atoms with van der Waals surface area (Å²) >= 11 is 5.55. The third kappa shape index (κ3) is 4.87. The molecule has 0 aromatic heterocycles. The lowest BCUT2D eigenvalue weighted by atomic mass is 10.1. The van der Waals surface area contributed by atoms with Crippen LogP contribution in [0.1, 0.15) is 24.8 Å². The minimum Gasteiger partial charge on any atom is -0.341 e. The van der Waals surface area contributed by atoms with Crippen molar-refractivity contribution in [2.75, 3.05) is 12.9 Å². The molecule has 0 fully saturated rings. The number of benzene rings is 1. The van der Waals surface area contributed by atoms with Crippen molar-refractivity contribution < 1.29 is 9.72 Å². The number of nitro groups is 1. The van der Waals surface area contributed by atoms with Gasteiger partial charge in [-0.05, 0) is 12.8 Å². The highest BCUT2D eigenvalue weighted by Crippen LogP contribution is 2.19. The third-order valence-corrected chi connectivity index (χ3v) is 3.06. The Morgan fingerprint density at radius 1 is 1.37 bits per heavy atom. The van der Waals surface area contributed by atoms with Gasteiger partial charge in [-0.3, -0.25) is 14.9 Å². The summed E-state index contributed by atoms with van der Waals surface area (Å²) < 4.78 is 0. The molecule has 0 aliphatic rings. The first-order valence-corrected chi connectivity index (χ1v) is 6.62. The second kappa shape index (κ2) is 7.74. The van der Waals surface area contributed by atoms with E-state index in [0.29, 0.717) is 17.9 Å². The summed E-state index contributed by atoms with van der Waals surface area (Å²) in [5.74, 6) is 0.518. The zero-order chi connectivity index (χ0) is 14.3. The number of halogens is 1. The summed E-state index contributed by atoms with van der Waals surface area (Å²) in [6, 6.07) is 6.46. The zero-order valence-electron chi connectivity index (χ0n) is 10.8. The molecule has 1 aromatic carbocycles. The number of carbonyl (C=O) groups is 1. The highest BCUT2D eigenvalue weighted by Gasteiger charge is 2.16. The number of rotatable bonds is 7. The largest absolute Gasteiger partial charge is 0.341 e. The van der Waals surface area contributed by atoms with E-state index in [2.05, 4.69) is 0 Å². The van der Waals surface area contributed by atoms with Crippen LogP contribution in [0.15, 0.2) is 24.3 Å². The highest BCUT2D eigenvalue weighted by atomic mass is 35.5. The number of unbranched alkanes of at least 4 members (excludes halogenated alkanes) is 1. The van der Waals surface area contributed by atoms with Gasteiger partial charge >= 0.3 is 0 Å². The molecule has 5 nitrogen and oxygen atoms in total. The summed E-state index contributed by atoms with van der Waals surface area (Å²) in [6.45, 7) is 0.247. The van der Waals surface area contributed by atoms with Gasteiger partial charge in [0.15, 0.2) is 0 Å². The molecule has 0 saturated carbocycles. The van der Waals surface area contributed by atoms with E-state index in [-0.39, 0.29) is 18.1 Å². The average molecular weight is 285 g/mol. The van der Waals surface area contributed by atoms with Gasteiger partial charge < -0.3 is 4.90 Å². The van der Waals surface area contributed by atoms with Crippen molar-refractivity contribution in [1.82, 2.24) is 4.90 Å². The topological polar surface area (TPSA) is 63.4 Å². The van der Waals surface area contributed by atoms with Gasteiger partial charge in [0.05, 0.1) is 11.5 Å². The molecule has 0 aliphatic carbocycles. The Bertz CT molecular complexity index is 451. The summed E-state index contributed by atoms with van der Waals surface area (Å²) in [4.78, 5) is 23.8. The maximum atomic E-state index is 11.8. The van der Waals surface area contributed by atoms with Crippen LogP contribution in [-0.2, 0) is 11.3 Å². The molecule has 0 radical (unpaired) electrons. The van der Waals surface area contributed by atoms with E-state index < -0.39 is 4.92 Å². The van der Waals surface area contributed by atoms with Crippen molar-refractivity contribution in [2.24, 2.45) is 0 Å². The fourth-order valence-electron chi connectivity index (χ4n) is 1.73. The Morgan fingerprint density at radius 3 is 2.68 bits per heavy atom. The molecule has 0 N–H and O–H groups in total. The van der Waals surface area contributed by atoms with E-state index in [1.807, 2.05) is 0 Å². The van der Waals surface area contributed by atoms with Gasteiger partial charge in [-0.1, -0.05) is 18.2 Å². The highest BCUT2D eigenvalue weighted by molar-refractivity contribution is 6.17. The number of nitrogens with zero attached hydrogens (tertiary/aromatic N) is 2. The van der Waals surface area contributed by atoms with Gasteiger partial charge in [-0.25, -0.2) is 0 Å². The third-order valence-electron chi connectivity index (χ3n) is 2.80. The average Bonchev–Trinajstić information content (AvgIpc) is 2.39. The molecule has 104 valence electrons. The molecule has 0 saturated heterocycles. The molecule has 6 heteroatoms. The van der Waals surface area contributed by atoms with Crippen molar-refractivity contribution in [3.63, 3.8) is 0 Å². The lowest BCUT2D eigenvalue weighted by Crippen LogP contribution is -2.26. The zero-order valence-corrected chi connectivity index (χ0v) is 11.6. The maximum absolute atomic E-state index is 11.8. The Balaban J connectivity index is 2.63. The molecule has 0 spiro atoms. The SMILES string of the molecule is CN(Cc1ccccc1[N+](=O)[O-])C(=O)CCCCCl. The summed E-state index contributed by atoms with van der Waals surface area (Å²) in [5.41, 5.74) is 0.587. The lowest BCUT2D eigenvalue weighted by molar-refractivity contribution is -0.385. The smallest absolute Gasteiger partial charge is 0.274 e. The number of hydrogen-bond acceptors (Lipinski definition) is 3. The number of para-hydroxylation sites is 1. The van der Waals surface area contributed by atoms with Crippen LogP contribution >= 0.6 is 11.6 Å². The fourth-order valence-corrected chi connectivity index (χ4v) is 1.92. The van der Waals surface area contributed by atoms with Crippen molar-refractivity contribution in [1.29, 1.82) is 0 Å². The minimum atomic E-state index is -0.429. The fraction of sp³-hybridized carbons (Fsp3) is 0.462. The van der Waals surface area contributed by atoms with Crippen LogP contribution in [-0.4, -0.2) is 28.7 Å². The molecule has 1 aromatic rings. The number of amides is 1. The number of nitro benzene ring substituents is 1. The van der Waals surface area contributed by atoms with E-state index in [1.165, 1.54) is 11.0 Å². The van der Waals surface area contributed by atoms with Crippen molar-refractivity contribution in [2.45, 2.75) is 25.8 Å². The maximum Gasteiger partial charge on any atom is 0.274 e. The first-order valence-electron chi connectivity index (χ1n) is 6.08. The number of hydrogen-bond donors (Lipinski definition) is 0. The van der Waals surface area contributed by atoms with E-state index in [0.717, 1.165) is 12.8 Å². The Kier molecular flexibility index (Phi) is 6.29. The Morgan fingerprint density at radius 2 is 2.05 bits per heavy atom. The quantitative estimate of drug-likeness (QED) is 0.335. The van der Waals surface area contributed by atoms with E-state index in [1.54, 1.807) is 25.2 Å². The van der Waals surface area contributed by atoms with Gasteiger partial charge in [-0.15, -0.1) is 11.6 Å². The molecule has 0 unspecified atom stereocenters. The van der Waals surface area contributed by atoms with Gasteiger partial charge in [0.1, 0.15) is 0 Å². The molecule has 1 amide bonds. The molecule has 0 bridgehead atoms. The minimum absolute atomic E-state index is 0.0248. The molecule has 0 heterocycles. The first kappa shape index (κ1) is 15.4. The van der Waals surface area contributed by atoms with Crippen LogP contribution in [0.4, 0.5) is 5.69 Å². The summed E-state index contributed by atoms with van der Waals surface area (Å²) in [6.07, 6.45) is 1.96. The molecule has 0 aliphatic heterocycles. The van der Waals surface area contributed by atoms with E-state index in [4.69, 9.17) is 11.6 Å². The monoisotopic (exact) mass is 284 g/mol. The summed E-state index contributed by atoms with van der Waals surface area (Å²) in [5, 5.41) is 10.9. The predicted molar refractivity (Wildman–Crippen MR) is 74.1 cm³/mol. The first-order chi connectivity index (χ1) is 9.06. The number of carbonyl (C=O) groups excluding carboxylic acids is 1. The molecular weight excluding hydrogens is 268 g/mol. The van der Waals surface area contributed by atoms with Crippen molar-refractivity contribution in [3.8, 4) is 0 Å². The predicted octanol–water partition coefficient (Wildman–Crippen LogP) is 2.96. The standard InChI is InChI=1S/C13H17ClN2O3/c1-15(13(17)8-4-5-9-14)10-11-6-2-3-7-12(11)16(18)19/h2-3,6-7H,4-5,8-10H2,1H3. The van der Waals surface area contributed by atoms with Crippen LogP contribution in [0.5, 0.6) is 0 Å². The normalized spacial score (nSPS) is 10.2. The molecule has 19 heavy (non-hydrogen) atoms. The van der Waals surface area contributed by atoms with Gasteiger partial charge in [-0.2, -0.15) is 0 Å². The van der Waals surface area contributed by atoms with Crippen LogP contribution in [0.2, 0.25) is 0 Å². The lowest BCUT2D eigenvalue weighted by Gasteiger charge is -2.17. The van der Waals surface area contributed by atoms with Gasteiger partial charge in [0.25, 0.3) is 5.69 Å². The second-order valence-electron chi connectivity index (χ2n) is 4.28. The number of alkyl halides is 1. The van der Waals surface area contributed by atoms with E-state index >= 15 is 0 Å². The molecule has 1 rings (SSSR count). The molecular formula is C13H17ClN2O3. The van der Waals surface area contributed by atoms with Gasteiger partial charge in [0, 0.05) is 31.0 Å². The van der Waals surface area contributed by atoms with Gasteiger partial charge in [0.2, 0.25) is 5.91 Å². The van der Waals surface area contributed by atoms with Crippen LogP contribution in [0, 0.1) is 10.1 Å². The Hall–Kier alpha value is -1.62. The second-order valence-corrected chi connectivity index (χ2v) is 4.66. The van der Waals surface area contributed by atoms with Crippen LogP contribution in [0.25, 0.3) is 0 Å². The summed E-state index contributed by atoms with van der Waals surface area (Å²) in [7, 11) is 1.65. The molecule has 0 atom stereocenters. The van der Waals surface area contributed by atoms with Crippen LogP contribution < -0.4 is 0 Å². The van der Waals surface area contributed by atoms with Crippen LogP contribution in [0.3, 0.4) is 0 Å². The van der Waals surface area contributed by atoms with E-state index in [9.17, 15) is 14.9 Å². The van der Waals surface area contributed by atoms with Crippen molar-refractivity contribution >= 4 is 23.2 Å². The Labute approximate surface area is 117 Å². The van der Waals surface area contributed by atoms with Crippen molar-refractivity contribution in [3.05, 3.63) is 39.9 Å².